The number of anilines is 1. The molecule has 104 valence electrons. The first-order valence-electron chi connectivity index (χ1n) is 6.28. The number of rotatable bonds is 3. The minimum atomic E-state index is 0.779. The van der Waals surface area contributed by atoms with E-state index in [0.29, 0.717) is 0 Å². The standard InChI is InChI=1S/C14H10N4S3/c15-9-4-5-10-12(6-9)20-14(16-10)19-7-8-2-1-3-11-13(8)18-21-17-11/h1-6H,7,15H2. The summed E-state index contributed by atoms with van der Waals surface area (Å²) in [5.74, 6) is 0.845. The van der Waals surface area contributed by atoms with Crippen LogP contribution >= 0.6 is 34.8 Å². The van der Waals surface area contributed by atoms with Crippen molar-refractivity contribution >= 4 is 61.8 Å². The van der Waals surface area contributed by atoms with E-state index in [-0.39, 0.29) is 0 Å². The van der Waals surface area contributed by atoms with Gasteiger partial charge in [-0.25, -0.2) is 4.98 Å². The van der Waals surface area contributed by atoms with Crippen molar-refractivity contribution in [1.29, 1.82) is 0 Å². The Balaban J connectivity index is 1.61. The molecule has 0 fully saturated rings. The molecule has 0 aliphatic heterocycles. The number of nitrogens with two attached hydrogens (primary N) is 1. The van der Waals surface area contributed by atoms with Crippen LogP contribution in [0.1, 0.15) is 5.56 Å². The SMILES string of the molecule is Nc1ccc2nc(SCc3cccc4nsnc34)sc2c1. The van der Waals surface area contributed by atoms with Gasteiger partial charge in [0.15, 0.2) is 4.34 Å². The van der Waals surface area contributed by atoms with Gasteiger partial charge in [-0.1, -0.05) is 23.9 Å². The van der Waals surface area contributed by atoms with E-state index >= 15 is 0 Å². The average Bonchev–Trinajstić information content (AvgIpc) is 3.10. The Hall–Kier alpha value is -1.70. The zero-order valence-electron chi connectivity index (χ0n) is 10.8. The number of nitrogens with zero attached hydrogens (tertiary/aromatic N) is 3. The minimum absolute atomic E-state index is 0.779. The molecule has 2 N–H and O–H groups in total. The fraction of sp³-hybridized carbons (Fsp3) is 0.0714. The Morgan fingerprint density at radius 1 is 1.10 bits per heavy atom. The lowest BCUT2D eigenvalue weighted by Crippen LogP contribution is -1.83. The van der Waals surface area contributed by atoms with E-state index < -0.39 is 0 Å². The molecule has 2 heterocycles. The number of hydrogen-bond acceptors (Lipinski definition) is 7. The van der Waals surface area contributed by atoms with Gasteiger partial charge in [-0.2, -0.15) is 8.75 Å². The molecular formula is C14H10N4S3. The Morgan fingerprint density at radius 2 is 2.05 bits per heavy atom. The molecule has 0 aliphatic rings. The van der Waals surface area contributed by atoms with E-state index in [2.05, 4.69) is 19.8 Å². The zero-order chi connectivity index (χ0) is 14.2. The maximum atomic E-state index is 5.81. The van der Waals surface area contributed by atoms with Gasteiger partial charge < -0.3 is 5.73 Å². The lowest BCUT2D eigenvalue weighted by Gasteiger charge is -1.99. The molecule has 7 heteroatoms. The predicted molar refractivity (Wildman–Crippen MR) is 91.0 cm³/mol. The largest absolute Gasteiger partial charge is 0.399 e. The third-order valence-corrected chi connectivity index (χ3v) is 5.87. The summed E-state index contributed by atoms with van der Waals surface area (Å²) in [6, 6.07) is 11.9. The van der Waals surface area contributed by atoms with Crippen LogP contribution in [-0.4, -0.2) is 13.7 Å². The molecule has 2 aromatic heterocycles. The minimum Gasteiger partial charge on any atom is -0.399 e. The molecule has 4 aromatic rings. The molecule has 0 radical (unpaired) electrons. The molecule has 2 aromatic carbocycles. The van der Waals surface area contributed by atoms with Crippen LogP contribution in [-0.2, 0) is 5.75 Å². The second-order valence-electron chi connectivity index (χ2n) is 4.54. The van der Waals surface area contributed by atoms with Gasteiger partial charge >= 0.3 is 0 Å². The number of fused-ring (bicyclic) bond motifs is 2. The van der Waals surface area contributed by atoms with Gasteiger partial charge in [0.1, 0.15) is 11.0 Å². The van der Waals surface area contributed by atoms with E-state index in [4.69, 9.17) is 5.73 Å². The van der Waals surface area contributed by atoms with Crippen molar-refractivity contribution < 1.29 is 0 Å². The van der Waals surface area contributed by atoms with Crippen molar-refractivity contribution in [2.24, 2.45) is 0 Å². The molecule has 0 unspecified atom stereocenters. The average molecular weight is 330 g/mol. The number of hydrogen-bond donors (Lipinski definition) is 1. The van der Waals surface area contributed by atoms with Gasteiger partial charge in [-0.3, -0.25) is 0 Å². The van der Waals surface area contributed by atoms with Crippen molar-refractivity contribution in [2.75, 3.05) is 5.73 Å². The van der Waals surface area contributed by atoms with Crippen LogP contribution in [0, 0.1) is 0 Å². The van der Waals surface area contributed by atoms with Crippen LogP contribution in [0.25, 0.3) is 21.3 Å². The molecule has 0 saturated carbocycles. The molecule has 0 atom stereocenters. The van der Waals surface area contributed by atoms with Crippen LogP contribution < -0.4 is 5.73 Å². The van der Waals surface area contributed by atoms with E-state index in [1.54, 1.807) is 23.1 Å². The highest BCUT2D eigenvalue weighted by atomic mass is 32.2. The number of thioether (sulfide) groups is 1. The predicted octanol–water partition coefficient (Wildman–Crippen LogP) is 4.18. The third kappa shape index (κ3) is 2.48. The number of aromatic nitrogens is 3. The van der Waals surface area contributed by atoms with Crippen molar-refractivity contribution in [2.45, 2.75) is 10.1 Å². The van der Waals surface area contributed by atoms with Gasteiger partial charge in [0.25, 0.3) is 0 Å². The summed E-state index contributed by atoms with van der Waals surface area (Å²) >= 11 is 4.66. The van der Waals surface area contributed by atoms with Gasteiger partial charge in [-0.15, -0.1) is 11.3 Å². The highest BCUT2D eigenvalue weighted by Crippen LogP contribution is 2.33. The molecule has 0 bridgehead atoms. The van der Waals surface area contributed by atoms with Gasteiger partial charge in [-0.05, 0) is 29.8 Å². The highest BCUT2D eigenvalue weighted by Gasteiger charge is 2.08. The van der Waals surface area contributed by atoms with Crippen LogP contribution in [0.5, 0.6) is 0 Å². The highest BCUT2D eigenvalue weighted by molar-refractivity contribution is 8.00. The molecule has 4 nitrogen and oxygen atoms in total. The Kier molecular flexibility index (Phi) is 3.25. The smallest absolute Gasteiger partial charge is 0.151 e. The van der Waals surface area contributed by atoms with Crippen molar-refractivity contribution in [3.8, 4) is 0 Å². The fourth-order valence-corrected chi connectivity index (χ4v) is 4.77. The summed E-state index contributed by atoms with van der Waals surface area (Å²) in [7, 11) is 0. The van der Waals surface area contributed by atoms with E-state index in [1.165, 1.54) is 17.3 Å². The molecule has 0 saturated heterocycles. The number of nitrogen functional groups attached to an aromatic ring is 1. The Morgan fingerprint density at radius 3 is 3.00 bits per heavy atom. The summed E-state index contributed by atoms with van der Waals surface area (Å²) in [5.41, 5.74) is 10.8. The molecule has 4 rings (SSSR count). The Labute approximate surface area is 133 Å². The molecule has 0 amide bonds. The lowest BCUT2D eigenvalue weighted by molar-refractivity contribution is 1.29. The van der Waals surface area contributed by atoms with Crippen molar-refractivity contribution in [3.05, 3.63) is 42.0 Å². The summed E-state index contributed by atoms with van der Waals surface area (Å²) in [5, 5.41) is 0. The summed E-state index contributed by atoms with van der Waals surface area (Å²) < 4.78 is 10.8. The monoisotopic (exact) mass is 330 g/mol. The normalized spacial score (nSPS) is 11.4. The van der Waals surface area contributed by atoms with E-state index in [9.17, 15) is 0 Å². The van der Waals surface area contributed by atoms with Gasteiger partial charge in [0, 0.05) is 11.4 Å². The fourth-order valence-electron chi connectivity index (χ4n) is 2.10. The third-order valence-electron chi connectivity index (χ3n) is 3.11. The second-order valence-corrected chi connectivity index (χ2v) is 7.33. The molecule has 0 aliphatic carbocycles. The number of thiazole rings is 1. The quantitative estimate of drug-likeness (QED) is 0.451. The van der Waals surface area contributed by atoms with Gasteiger partial charge in [0.05, 0.1) is 21.9 Å². The summed E-state index contributed by atoms with van der Waals surface area (Å²) in [4.78, 5) is 4.63. The maximum Gasteiger partial charge on any atom is 0.151 e. The van der Waals surface area contributed by atoms with Gasteiger partial charge in [0.2, 0.25) is 0 Å². The first kappa shape index (κ1) is 13.0. The summed E-state index contributed by atoms with van der Waals surface area (Å²) in [6.07, 6.45) is 0. The second kappa shape index (κ2) is 5.25. The van der Waals surface area contributed by atoms with Crippen molar-refractivity contribution in [3.63, 3.8) is 0 Å². The molecular weight excluding hydrogens is 320 g/mol. The summed E-state index contributed by atoms with van der Waals surface area (Å²) in [6.45, 7) is 0. The molecule has 21 heavy (non-hydrogen) atoms. The Bertz CT molecular complexity index is 928. The topological polar surface area (TPSA) is 64.7 Å². The first-order chi connectivity index (χ1) is 10.3. The first-order valence-corrected chi connectivity index (χ1v) is 8.82. The van der Waals surface area contributed by atoms with Crippen LogP contribution in [0.4, 0.5) is 5.69 Å². The number of benzene rings is 2. The van der Waals surface area contributed by atoms with Crippen LogP contribution in [0.3, 0.4) is 0 Å². The maximum absolute atomic E-state index is 5.81. The van der Waals surface area contributed by atoms with Crippen molar-refractivity contribution in [1.82, 2.24) is 13.7 Å². The lowest BCUT2D eigenvalue weighted by atomic mass is 10.2. The zero-order valence-corrected chi connectivity index (χ0v) is 13.3. The molecule has 0 spiro atoms. The van der Waals surface area contributed by atoms with E-state index in [1.807, 2.05) is 30.3 Å². The van der Waals surface area contributed by atoms with Crippen LogP contribution in [0.2, 0.25) is 0 Å². The van der Waals surface area contributed by atoms with Crippen LogP contribution in [0.15, 0.2) is 40.7 Å². The van der Waals surface area contributed by atoms with E-state index in [0.717, 1.165) is 37.0 Å².